The lowest BCUT2D eigenvalue weighted by Gasteiger charge is -2.25. The molecular weight excluding hydrogens is 416 g/mol. The Morgan fingerprint density at radius 1 is 1.21 bits per heavy atom. The fourth-order valence-corrected chi connectivity index (χ4v) is 5.42. The molecule has 1 amide bonds. The fraction of sp³-hybridized carbons (Fsp3) is 0.250. The molecule has 0 saturated carbocycles. The first-order chi connectivity index (χ1) is 13.5. The summed E-state index contributed by atoms with van der Waals surface area (Å²) in [5.41, 5.74) is 2.15. The SMILES string of the molecule is CCOC(=O)c1ccc(N2C(=O)[C@H]3CS[C@@H](c4ccc(Cl)cc4)N3C2=S)cc1. The molecule has 2 aromatic rings. The van der Waals surface area contributed by atoms with E-state index in [0.717, 1.165) is 5.56 Å². The number of carbonyl (C=O) groups is 2. The number of thiocarbonyl (C=S) groups is 1. The van der Waals surface area contributed by atoms with Crippen LogP contribution in [0, 0.1) is 0 Å². The molecule has 2 aromatic carbocycles. The lowest BCUT2D eigenvalue weighted by atomic mass is 10.2. The van der Waals surface area contributed by atoms with E-state index in [4.69, 9.17) is 28.6 Å². The Hall–Kier alpha value is -2.09. The van der Waals surface area contributed by atoms with Gasteiger partial charge in [0.1, 0.15) is 11.4 Å². The van der Waals surface area contributed by atoms with Crippen molar-refractivity contribution in [1.82, 2.24) is 4.90 Å². The Bertz CT molecular complexity index is 933. The third kappa shape index (κ3) is 3.27. The molecule has 2 aliphatic heterocycles. The standard InChI is InChI=1S/C20H17ClN2O3S2/c1-2-26-19(25)13-5-9-15(10-6-13)22-17(24)16-11-28-18(23(16)20(22)27)12-3-7-14(21)8-4-12/h3-10,16,18H,2,11H2,1H3/t16-,18+/m1/s1. The molecule has 0 aromatic heterocycles. The van der Waals surface area contributed by atoms with Crippen LogP contribution in [-0.2, 0) is 9.53 Å². The van der Waals surface area contributed by atoms with Crippen LogP contribution in [0.5, 0.6) is 0 Å². The van der Waals surface area contributed by atoms with Crippen LogP contribution in [0.25, 0.3) is 0 Å². The summed E-state index contributed by atoms with van der Waals surface area (Å²) in [6, 6.07) is 14.1. The van der Waals surface area contributed by atoms with Gasteiger partial charge in [-0.2, -0.15) is 0 Å². The molecule has 8 heteroatoms. The zero-order chi connectivity index (χ0) is 19.8. The second-order valence-corrected chi connectivity index (χ2v) is 8.30. The van der Waals surface area contributed by atoms with Gasteiger partial charge in [0, 0.05) is 10.8 Å². The van der Waals surface area contributed by atoms with Crippen molar-refractivity contribution >= 4 is 58.3 Å². The van der Waals surface area contributed by atoms with Gasteiger partial charge < -0.3 is 9.64 Å². The van der Waals surface area contributed by atoms with Crippen LogP contribution in [0.3, 0.4) is 0 Å². The van der Waals surface area contributed by atoms with E-state index in [1.807, 2.05) is 29.2 Å². The molecule has 0 bridgehead atoms. The van der Waals surface area contributed by atoms with Crippen molar-refractivity contribution in [1.29, 1.82) is 0 Å². The maximum atomic E-state index is 13.0. The van der Waals surface area contributed by atoms with E-state index in [9.17, 15) is 9.59 Å². The van der Waals surface area contributed by atoms with Crippen molar-refractivity contribution in [3.63, 3.8) is 0 Å². The molecule has 2 atom stereocenters. The summed E-state index contributed by atoms with van der Waals surface area (Å²) in [5, 5.41) is 1.12. The molecule has 4 rings (SSSR count). The van der Waals surface area contributed by atoms with Crippen molar-refractivity contribution in [3.05, 3.63) is 64.7 Å². The summed E-state index contributed by atoms with van der Waals surface area (Å²) >= 11 is 13.4. The minimum absolute atomic E-state index is 0.0254. The molecule has 0 radical (unpaired) electrons. The maximum absolute atomic E-state index is 13.0. The highest BCUT2D eigenvalue weighted by Gasteiger charge is 2.50. The van der Waals surface area contributed by atoms with E-state index in [1.54, 1.807) is 47.9 Å². The van der Waals surface area contributed by atoms with Gasteiger partial charge in [-0.3, -0.25) is 9.69 Å². The van der Waals surface area contributed by atoms with Crippen LogP contribution in [0.15, 0.2) is 48.5 Å². The number of ether oxygens (including phenoxy) is 1. The number of rotatable bonds is 4. The minimum Gasteiger partial charge on any atom is -0.462 e. The second-order valence-electron chi connectivity index (χ2n) is 6.38. The lowest BCUT2D eigenvalue weighted by Crippen LogP contribution is -2.33. The first kappa shape index (κ1) is 19.2. The summed E-state index contributed by atoms with van der Waals surface area (Å²) < 4.78 is 5.00. The number of esters is 1. The molecular formula is C20H17ClN2O3S2. The number of anilines is 1. The van der Waals surface area contributed by atoms with Gasteiger partial charge in [-0.15, -0.1) is 11.8 Å². The van der Waals surface area contributed by atoms with Gasteiger partial charge >= 0.3 is 5.97 Å². The maximum Gasteiger partial charge on any atom is 0.338 e. The van der Waals surface area contributed by atoms with Crippen LogP contribution in [0.2, 0.25) is 5.02 Å². The largest absolute Gasteiger partial charge is 0.462 e. The van der Waals surface area contributed by atoms with E-state index in [-0.39, 0.29) is 23.3 Å². The summed E-state index contributed by atoms with van der Waals surface area (Å²) in [7, 11) is 0. The van der Waals surface area contributed by atoms with Crippen LogP contribution in [-0.4, -0.2) is 40.3 Å². The predicted molar refractivity (Wildman–Crippen MR) is 115 cm³/mol. The molecule has 0 aliphatic carbocycles. The number of hydrogen-bond acceptors (Lipinski definition) is 5. The summed E-state index contributed by atoms with van der Waals surface area (Å²) in [6.45, 7) is 2.07. The number of hydrogen-bond donors (Lipinski definition) is 0. The second kappa shape index (κ2) is 7.73. The van der Waals surface area contributed by atoms with Gasteiger partial charge in [0.2, 0.25) is 0 Å². The van der Waals surface area contributed by atoms with Gasteiger partial charge in [0.05, 0.1) is 17.9 Å². The Labute approximate surface area is 177 Å². The van der Waals surface area contributed by atoms with Crippen LogP contribution in [0.4, 0.5) is 5.69 Å². The predicted octanol–water partition coefficient (Wildman–Crippen LogP) is 4.26. The first-order valence-corrected chi connectivity index (χ1v) is 10.6. The van der Waals surface area contributed by atoms with Crippen molar-refractivity contribution in [2.75, 3.05) is 17.3 Å². The van der Waals surface area contributed by atoms with Crippen molar-refractivity contribution < 1.29 is 14.3 Å². The van der Waals surface area contributed by atoms with Gasteiger partial charge in [-0.1, -0.05) is 23.7 Å². The van der Waals surface area contributed by atoms with Crippen LogP contribution >= 0.6 is 35.6 Å². The topological polar surface area (TPSA) is 49.9 Å². The zero-order valence-corrected chi connectivity index (χ0v) is 17.4. The van der Waals surface area contributed by atoms with E-state index in [0.29, 0.717) is 33.7 Å². The highest BCUT2D eigenvalue weighted by Crippen LogP contribution is 2.46. The van der Waals surface area contributed by atoms with E-state index >= 15 is 0 Å². The molecule has 2 saturated heterocycles. The first-order valence-electron chi connectivity index (χ1n) is 8.81. The smallest absolute Gasteiger partial charge is 0.338 e. The molecule has 2 aliphatic rings. The number of halogens is 1. The van der Waals surface area contributed by atoms with Gasteiger partial charge in [0.25, 0.3) is 5.91 Å². The third-order valence-electron chi connectivity index (χ3n) is 4.71. The van der Waals surface area contributed by atoms with E-state index in [1.165, 1.54) is 0 Å². The summed E-state index contributed by atoms with van der Waals surface area (Å²) in [4.78, 5) is 28.4. The van der Waals surface area contributed by atoms with Crippen LogP contribution < -0.4 is 4.90 Å². The molecule has 2 heterocycles. The van der Waals surface area contributed by atoms with Gasteiger partial charge in [-0.25, -0.2) is 4.79 Å². The molecule has 144 valence electrons. The fourth-order valence-electron chi connectivity index (χ4n) is 3.37. The number of fused-ring (bicyclic) bond motifs is 1. The Morgan fingerprint density at radius 3 is 2.54 bits per heavy atom. The zero-order valence-electron chi connectivity index (χ0n) is 15.0. The Balaban J connectivity index is 1.59. The van der Waals surface area contributed by atoms with Crippen molar-refractivity contribution in [2.45, 2.75) is 18.3 Å². The number of thioether (sulfide) groups is 1. The average molecular weight is 433 g/mol. The van der Waals surface area contributed by atoms with Gasteiger partial charge in [-0.05, 0) is 61.1 Å². The Morgan fingerprint density at radius 2 is 1.89 bits per heavy atom. The molecule has 5 nitrogen and oxygen atoms in total. The highest BCUT2D eigenvalue weighted by atomic mass is 35.5. The lowest BCUT2D eigenvalue weighted by molar-refractivity contribution is -0.119. The number of carbonyl (C=O) groups excluding carboxylic acids is 2. The minimum atomic E-state index is -0.385. The van der Waals surface area contributed by atoms with Crippen molar-refractivity contribution in [3.8, 4) is 0 Å². The normalized spacial score (nSPS) is 21.2. The molecule has 2 fully saturated rings. The quantitative estimate of drug-likeness (QED) is 0.531. The third-order valence-corrected chi connectivity index (χ3v) is 6.68. The number of benzene rings is 2. The summed E-state index contributed by atoms with van der Waals surface area (Å²) in [6.07, 6.45) is 0. The Kier molecular flexibility index (Phi) is 5.31. The highest BCUT2D eigenvalue weighted by molar-refractivity contribution is 7.99. The summed E-state index contributed by atoms with van der Waals surface area (Å²) in [5.74, 6) is 0.242. The van der Waals surface area contributed by atoms with Crippen LogP contribution in [0.1, 0.15) is 28.2 Å². The average Bonchev–Trinajstić information content (AvgIpc) is 3.23. The number of amides is 1. The van der Waals surface area contributed by atoms with E-state index in [2.05, 4.69) is 0 Å². The molecule has 0 unspecified atom stereocenters. The molecule has 0 N–H and O–H groups in total. The monoisotopic (exact) mass is 432 g/mol. The molecule has 28 heavy (non-hydrogen) atoms. The molecule has 0 spiro atoms. The van der Waals surface area contributed by atoms with Crippen molar-refractivity contribution in [2.24, 2.45) is 0 Å². The number of nitrogens with zero attached hydrogens (tertiary/aromatic N) is 2. The van der Waals surface area contributed by atoms with E-state index < -0.39 is 0 Å². The van der Waals surface area contributed by atoms with Gasteiger partial charge in [0.15, 0.2) is 5.11 Å².